The van der Waals surface area contributed by atoms with E-state index in [4.69, 9.17) is 4.98 Å². The first-order valence-electron chi connectivity index (χ1n) is 8.35. The van der Waals surface area contributed by atoms with Gasteiger partial charge in [0.15, 0.2) is 11.6 Å². The van der Waals surface area contributed by atoms with Crippen molar-refractivity contribution in [3.8, 4) is 11.6 Å². The molecule has 0 aliphatic heterocycles. The van der Waals surface area contributed by atoms with Crippen molar-refractivity contribution in [2.24, 2.45) is 7.05 Å². The number of para-hydroxylation sites is 2. The minimum absolute atomic E-state index is 0.137. The number of rotatable bonds is 5. The highest BCUT2D eigenvalue weighted by atomic mass is 16.1. The van der Waals surface area contributed by atoms with Gasteiger partial charge < -0.3 is 14.5 Å². The maximum atomic E-state index is 12.1. The van der Waals surface area contributed by atoms with E-state index in [0.717, 1.165) is 22.7 Å². The number of nitrogens with zero attached hydrogens (tertiary/aromatic N) is 5. The van der Waals surface area contributed by atoms with Gasteiger partial charge >= 0.3 is 0 Å². The molecule has 1 aromatic carbocycles. The summed E-state index contributed by atoms with van der Waals surface area (Å²) in [5, 5.41) is 2.90. The summed E-state index contributed by atoms with van der Waals surface area (Å²) in [7, 11) is 1.98. The second-order valence-electron chi connectivity index (χ2n) is 5.92. The van der Waals surface area contributed by atoms with Crippen molar-refractivity contribution in [1.82, 2.24) is 29.4 Å². The number of fused-ring (bicyclic) bond motifs is 1. The Morgan fingerprint density at radius 1 is 1.12 bits per heavy atom. The third-order valence-electron chi connectivity index (χ3n) is 4.26. The molecule has 1 amide bonds. The Kier molecular flexibility index (Phi) is 4.18. The van der Waals surface area contributed by atoms with Gasteiger partial charge in [-0.2, -0.15) is 0 Å². The molecular formula is C19H18N6O. The number of nitrogens with one attached hydrogen (secondary N) is 1. The van der Waals surface area contributed by atoms with Crippen LogP contribution in [0, 0.1) is 0 Å². The van der Waals surface area contributed by atoms with E-state index in [1.165, 1.54) is 0 Å². The van der Waals surface area contributed by atoms with E-state index in [1.54, 1.807) is 30.7 Å². The molecule has 0 radical (unpaired) electrons. The number of aryl methyl sites for hydroxylation is 1. The van der Waals surface area contributed by atoms with Gasteiger partial charge in [-0.25, -0.2) is 9.97 Å². The minimum Gasteiger partial charge on any atom is -0.350 e. The molecule has 0 atom stereocenters. The molecule has 0 fully saturated rings. The molecule has 0 unspecified atom stereocenters. The van der Waals surface area contributed by atoms with E-state index in [2.05, 4.69) is 15.3 Å². The Bertz CT molecular complexity index is 1050. The Balaban J connectivity index is 1.50. The van der Waals surface area contributed by atoms with Crippen molar-refractivity contribution in [2.45, 2.75) is 6.54 Å². The van der Waals surface area contributed by atoms with Gasteiger partial charge in [-0.3, -0.25) is 9.78 Å². The first kappa shape index (κ1) is 16.0. The van der Waals surface area contributed by atoms with E-state index >= 15 is 0 Å². The summed E-state index contributed by atoms with van der Waals surface area (Å²) in [5.41, 5.74) is 2.54. The average molecular weight is 346 g/mol. The summed E-state index contributed by atoms with van der Waals surface area (Å²) in [5.74, 6) is 1.44. The van der Waals surface area contributed by atoms with Crippen LogP contribution in [0.3, 0.4) is 0 Å². The fraction of sp³-hybridized carbons (Fsp3) is 0.158. The lowest BCUT2D eigenvalue weighted by molar-refractivity contribution is 0.0952. The highest BCUT2D eigenvalue weighted by Crippen LogP contribution is 2.22. The molecule has 4 rings (SSSR count). The topological polar surface area (TPSA) is 77.6 Å². The molecule has 3 aromatic heterocycles. The first-order valence-corrected chi connectivity index (χ1v) is 8.35. The molecule has 0 saturated heterocycles. The van der Waals surface area contributed by atoms with Gasteiger partial charge in [0.1, 0.15) is 0 Å². The molecule has 0 aliphatic carbocycles. The number of hydrogen-bond donors (Lipinski definition) is 1. The molecule has 3 heterocycles. The molecule has 1 N–H and O–H groups in total. The van der Waals surface area contributed by atoms with Gasteiger partial charge in [0.2, 0.25) is 0 Å². The Morgan fingerprint density at radius 2 is 2.00 bits per heavy atom. The minimum atomic E-state index is -0.137. The molecule has 0 spiro atoms. The van der Waals surface area contributed by atoms with Gasteiger partial charge in [0, 0.05) is 44.9 Å². The fourth-order valence-electron chi connectivity index (χ4n) is 2.93. The van der Waals surface area contributed by atoms with Crippen LogP contribution in [0.5, 0.6) is 0 Å². The van der Waals surface area contributed by atoms with Gasteiger partial charge in [-0.15, -0.1) is 0 Å². The van der Waals surface area contributed by atoms with Crippen LogP contribution in [0.15, 0.2) is 61.2 Å². The predicted octanol–water partition coefficient (Wildman–Crippen LogP) is 2.26. The highest BCUT2D eigenvalue weighted by molar-refractivity contribution is 5.93. The van der Waals surface area contributed by atoms with Crippen LogP contribution >= 0.6 is 0 Å². The van der Waals surface area contributed by atoms with Gasteiger partial charge in [0.25, 0.3) is 5.91 Å². The SMILES string of the molecule is Cn1c(-c2nccn2CCNC(=O)c2cccnc2)nc2ccccc21. The normalized spacial score (nSPS) is 11.0. The van der Waals surface area contributed by atoms with Crippen LogP contribution in [-0.4, -0.2) is 36.5 Å². The number of aromatic nitrogens is 5. The van der Waals surface area contributed by atoms with Crippen molar-refractivity contribution in [3.63, 3.8) is 0 Å². The highest BCUT2D eigenvalue weighted by Gasteiger charge is 2.14. The molecule has 130 valence electrons. The van der Waals surface area contributed by atoms with E-state index < -0.39 is 0 Å². The van der Waals surface area contributed by atoms with Crippen LogP contribution in [0.25, 0.3) is 22.7 Å². The number of amides is 1. The molecule has 0 saturated carbocycles. The summed E-state index contributed by atoms with van der Waals surface area (Å²) >= 11 is 0. The third-order valence-corrected chi connectivity index (χ3v) is 4.26. The van der Waals surface area contributed by atoms with Crippen LogP contribution in [0.4, 0.5) is 0 Å². The molecule has 0 bridgehead atoms. The smallest absolute Gasteiger partial charge is 0.252 e. The quantitative estimate of drug-likeness (QED) is 0.601. The average Bonchev–Trinajstić information content (AvgIpc) is 3.27. The standard InChI is InChI=1S/C19H18N6O/c1-24-16-7-3-2-6-15(16)23-18(24)17-21-9-11-25(17)12-10-22-19(26)14-5-4-8-20-13-14/h2-9,11,13H,10,12H2,1H3,(H,22,26). The Hall–Kier alpha value is -3.48. The summed E-state index contributed by atoms with van der Waals surface area (Å²) in [6.45, 7) is 1.09. The van der Waals surface area contributed by atoms with Crippen LogP contribution in [0.1, 0.15) is 10.4 Å². The number of pyridine rings is 1. The van der Waals surface area contributed by atoms with E-state index in [9.17, 15) is 4.79 Å². The van der Waals surface area contributed by atoms with Crippen LogP contribution in [0.2, 0.25) is 0 Å². The monoisotopic (exact) mass is 346 g/mol. The lowest BCUT2D eigenvalue weighted by Gasteiger charge is -2.09. The first-order chi connectivity index (χ1) is 12.7. The second-order valence-corrected chi connectivity index (χ2v) is 5.92. The van der Waals surface area contributed by atoms with E-state index in [1.807, 2.05) is 46.6 Å². The van der Waals surface area contributed by atoms with Crippen LogP contribution < -0.4 is 5.32 Å². The number of hydrogen-bond acceptors (Lipinski definition) is 4. The predicted molar refractivity (Wildman–Crippen MR) is 98.5 cm³/mol. The zero-order valence-corrected chi connectivity index (χ0v) is 14.3. The van der Waals surface area contributed by atoms with Gasteiger partial charge in [0.05, 0.1) is 16.6 Å². The molecule has 7 heteroatoms. The van der Waals surface area contributed by atoms with Crippen molar-refractivity contribution < 1.29 is 4.79 Å². The van der Waals surface area contributed by atoms with Crippen molar-refractivity contribution >= 4 is 16.9 Å². The second kappa shape index (κ2) is 6.79. The van der Waals surface area contributed by atoms with Gasteiger partial charge in [-0.1, -0.05) is 12.1 Å². The van der Waals surface area contributed by atoms with Crippen molar-refractivity contribution in [2.75, 3.05) is 6.54 Å². The summed E-state index contributed by atoms with van der Waals surface area (Å²) in [6.07, 6.45) is 6.84. The Morgan fingerprint density at radius 3 is 2.81 bits per heavy atom. The number of imidazole rings is 2. The molecule has 0 aliphatic rings. The largest absolute Gasteiger partial charge is 0.350 e. The fourth-order valence-corrected chi connectivity index (χ4v) is 2.93. The number of carbonyl (C=O) groups excluding carboxylic acids is 1. The zero-order chi connectivity index (χ0) is 17.9. The maximum Gasteiger partial charge on any atom is 0.252 e. The molecule has 26 heavy (non-hydrogen) atoms. The Labute approximate surface area is 150 Å². The third kappa shape index (κ3) is 2.95. The van der Waals surface area contributed by atoms with Gasteiger partial charge in [-0.05, 0) is 24.3 Å². The summed E-state index contributed by atoms with van der Waals surface area (Å²) in [4.78, 5) is 25.2. The molecule has 7 nitrogen and oxygen atoms in total. The number of carbonyl (C=O) groups is 1. The maximum absolute atomic E-state index is 12.1. The van der Waals surface area contributed by atoms with E-state index in [0.29, 0.717) is 18.7 Å². The molecular weight excluding hydrogens is 328 g/mol. The number of benzene rings is 1. The van der Waals surface area contributed by atoms with E-state index in [-0.39, 0.29) is 5.91 Å². The summed E-state index contributed by atoms with van der Waals surface area (Å²) < 4.78 is 4.02. The van der Waals surface area contributed by atoms with Crippen molar-refractivity contribution in [1.29, 1.82) is 0 Å². The van der Waals surface area contributed by atoms with Crippen molar-refractivity contribution in [3.05, 3.63) is 66.7 Å². The summed E-state index contributed by atoms with van der Waals surface area (Å²) in [6, 6.07) is 11.5. The zero-order valence-electron chi connectivity index (χ0n) is 14.3. The lowest BCUT2D eigenvalue weighted by Crippen LogP contribution is -2.27. The lowest BCUT2D eigenvalue weighted by atomic mass is 10.3. The molecule has 4 aromatic rings. The van der Waals surface area contributed by atoms with Crippen LogP contribution in [-0.2, 0) is 13.6 Å².